The number of aromatic nitrogens is 1. The Morgan fingerprint density at radius 2 is 2.36 bits per heavy atom. The van der Waals surface area contributed by atoms with E-state index < -0.39 is 0 Å². The first-order valence-electron chi connectivity index (χ1n) is 3.92. The molecule has 0 amide bonds. The molecule has 1 atom stereocenters. The van der Waals surface area contributed by atoms with Gasteiger partial charge in [-0.1, -0.05) is 6.92 Å². The zero-order valence-corrected chi connectivity index (χ0v) is 7.04. The van der Waals surface area contributed by atoms with Gasteiger partial charge in [-0.15, -0.1) is 0 Å². The summed E-state index contributed by atoms with van der Waals surface area (Å²) in [6, 6.07) is 4.11. The van der Waals surface area contributed by atoms with E-state index in [1.54, 1.807) is 6.20 Å². The van der Waals surface area contributed by atoms with Crippen LogP contribution in [0.3, 0.4) is 0 Å². The summed E-state index contributed by atoms with van der Waals surface area (Å²) in [4.78, 5) is 4.19. The summed E-state index contributed by atoms with van der Waals surface area (Å²) in [7, 11) is 0. The molecule has 0 aliphatic rings. The van der Waals surface area contributed by atoms with E-state index in [9.17, 15) is 0 Å². The first-order valence-corrected chi connectivity index (χ1v) is 3.92. The van der Waals surface area contributed by atoms with Crippen LogP contribution in [0.4, 0.5) is 0 Å². The van der Waals surface area contributed by atoms with E-state index in [4.69, 9.17) is 5.73 Å². The molecule has 1 unspecified atom stereocenters. The maximum atomic E-state index is 5.80. The van der Waals surface area contributed by atoms with Gasteiger partial charge in [-0.05, 0) is 31.0 Å². The van der Waals surface area contributed by atoms with Crippen molar-refractivity contribution in [3.05, 3.63) is 29.6 Å². The quantitative estimate of drug-likeness (QED) is 0.698. The summed E-state index contributed by atoms with van der Waals surface area (Å²) >= 11 is 0. The normalized spacial score (nSPS) is 13.0. The molecule has 1 aromatic heterocycles. The molecule has 2 heteroatoms. The molecule has 0 aliphatic carbocycles. The Labute approximate surface area is 67.5 Å². The summed E-state index contributed by atoms with van der Waals surface area (Å²) < 4.78 is 0. The number of nitrogens with two attached hydrogens (primary N) is 1. The molecule has 0 saturated carbocycles. The van der Waals surface area contributed by atoms with Gasteiger partial charge < -0.3 is 5.73 Å². The summed E-state index contributed by atoms with van der Waals surface area (Å²) in [6.07, 6.45) is 2.75. The fourth-order valence-corrected chi connectivity index (χ4v) is 0.971. The van der Waals surface area contributed by atoms with E-state index >= 15 is 0 Å². The van der Waals surface area contributed by atoms with Gasteiger partial charge in [0.25, 0.3) is 0 Å². The van der Waals surface area contributed by atoms with E-state index in [1.165, 1.54) is 5.56 Å². The number of nitrogens with zero attached hydrogens (tertiary/aromatic N) is 1. The van der Waals surface area contributed by atoms with Gasteiger partial charge in [0.05, 0.1) is 5.69 Å². The van der Waals surface area contributed by atoms with Gasteiger partial charge in [0, 0.05) is 12.2 Å². The van der Waals surface area contributed by atoms with Crippen molar-refractivity contribution in [1.82, 2.24) is 4.98 Å². The highest BCUT2D eigenvalue weighted by molar-refractivity contribution is 5.16. The van der Waals surface area contributed by atoms with Crippen LogP contribution in [0, 0.1) is 6.92 Å². The standard InChI is InChI=1S/C9H14N2/c1-3-8(10)9-6-7(2)4-5-11-9/h4-6,8H,3,10H2,1-2H3. The lowest BCUT2D eigenvalue weighted by molar-refractivity contribution is 0.674. The van der Waals surface area contributed by atoms with Crippen LogP contribution >= 0.6 is 0 Å². The lowest BCUT2D eigenvalue weighted by Crippen LogP contribution is -2.10. The van der Waals surface area contributed by atoms with E-state index in [0.717, 1.165) is 12.1 Å². The minimum atomic E-state index is 0.0925. The number of rotatable bonds is 2. The number of hydrogen-bond donors (Lipinski definition) is 1. The highest BCUT2D eigenvalue weighted by Crippen LogP contribution is 2.10. The van der Waals surface area contributed by atoms with Crippen molar-refractivity contribution in [2.75, 3.05) is 0 Å². The molecule has 1 heterocycles. The first kappa shape index (κ1) is 8.21. The lowest BCUT2D eigenvalue weighted by atomic mass is 10.1. The summed E-state index contributed by atoms with van der Waals surface area (Å²) in [5.74, 6) is 0. The lowest BCUT2D eigenvalue weighted by Gasteiger charge is -2.07. The van der Waals surface area contributed by atoms with Gasteiger partial charge >= 0.3 is 0 Å². The molecule has 0 aromatic carbocycles. The predicted octanol–water partition coefficient (Wildman–Crippen LogP) is 1.80. The van der Waals surface area contributed by atoms with Gasteiger partial charge in [0.1, 0.15) is 0 Å². The summed E-state index contributed by atoms with van der Waals surface area (Å²) in [5.41, 5.74) is 8.01. The Hall–Kier alpha value is -0.890. The van der Waals surface area contributed by atoms with Crippen LogP contribution in [0.2, 0.25) is 0 Å². The van der Waals surface area contributed by atoms with Crippen molar-refractivity contribution in [3.63, 3.8) is 0 Å². The Morgan fingerprint density at radius 1 is 1.64 bits per heavy atom. The molecule has 0 radical (unpaired) electrons. The maximum absolute atomic E-state index is 5.80. The van der Waals surface area contributed by atoms with E-state index in [1.807, 2.05) is 19.1 Å². The van der Waals surface area contributed by atoms with Crippen molar-refractivity contribution in [3.8, 4) is 0 Å². The average Bonchev–Trinajstić information content (AvgIpc) is 2.03. The monoisotopic (exact) mass is 150 g/mol. The molecule has 0 aliphatic heterocycles. The number of hydrogen-bond acceptors (Lipinski definition) is 2. The van der Waals surface area contributed by atoms with Crippen LogP contribution in [0.5, 0.6) is 0 Å². The minimum absolute atomic E-state index is 0.0925. The fourth-order valence-electron chi connectivity index (χ4n) is 0.971. The molecule has 1 rings (SSSR count). The molecule has 2 nitrogen and oxygen atoms in total. The Kier molecular flexibility index (Phi) is 2.60. The van der Waals surface area contributed by atoms with Crippen LogP contribution in [0.25, 0.3) is 0 Å². The average molecular weight is 150 g/mol. The van der Waals surface area contributed by atoms with Crippen LogP contribution in [-0.2, 0) is 0 Å². The Bertz CT molecular complexity index is 233. The Balaban J connectivity index is 2.86. The largest absolute Gasteiger partial charge is 0.323 e. The summed E-state index contributed by atoms with van der Waals surface area (Å²) in [6.45, 7) is 4.11. The molecular formula is C9H14N2. The molecular weight excluding hydrogens is 136 g/mol. The molecule has 0 fully saturated rings. The third-order valence-corrected chi connectivity index (χ3v) is 1.76. The van der Waals surface area contributed by atoms with Crippen LogP contribution < -0.4 is 5.73 Å². The minimum Gasteiger partial charge on any atom is -0.323 e. The first-order chi connectivity index (χ1) is 5.24. The van der Waals surface area contributed by atoms with Crippen molar-refractivity contribution in [1.29, 1.82) is 0 Å². The molecule has 1 aromatic rings. The third kappa shape index (κ3) is 2.02. The molecule has 0 bridgehead atoms. The SMILES string of the molecule is CCC(N)c1cc(C)ccn1. The maximum Gasteiger partial charge on any atom is 0.0573 e. The molecule has 2 N–H and O–H groups in total. The molecule has 11 heavy (non-hydrogen) atoms. The van der Waals surface area contributed by atoms with Gasteiger partial charge in [0.15, 0.2) is 0 Å². The van der Waals surface area contributed by atoms with E-state index in [2.05, 4.69) is 11.9 Å². The van der Waals surface area contributed by atoms with E-state index in [-0.39, 0.29) is 6.04 Å². The Morgan fingerprint density at radius 3 is 2.91 bits per heavy atom. The van der Waals surface area contributed by atoms with Crippen molar-refractivity contribution in [2.45, 2.75) is 26.3 Å². The molecule has 60 valence electrons. The number of pyridine rings is 1. The van der Waals surface area contributed by atoms with Crippen molar-refractivity contribution in [2.24, 2.45) is 5.73 Å². The van der Waals surface area contributed by atoms with Gasteiger partial charge in [-0.2, -0.15) is 0 Å². The second-order valence-corrected chi connectivity index (χ2v) is 2.77. The highest BCUT2D eigenvalue weighted by Gasteiger charge is 2.02. The van der Waals surface area contributed by atoms with Gasteiger partial charge in [-0.3, -0.25) is 4.98 Å². The van der Waals surface area contributed by atoms with E-state index in [0.29, 0.717) is 0 Å². The van der Waals surface area contributed by atoms with Crippen molar-refractivity contribution < 1.29 is 0 Å². The van der Waals surface area contributed by atoms with Crippen LogP contribution in [0.1, 0.15) is 30.6 Å². The summed E-state index contributed by atoms with van der Waals surface area (Å²) in [5, 5.41) is 0. The van der Waals surface area contributed by atoms with Crippen LogP contribution in [-0.4, -0.2) is 4.98 Å². The fraction of sp³-hybridized carbons (Fsp3) is 0.444. The van der Waals surface area contributed by atoms with Crippen LogP contribution in [0.15, 0.2) is 18.3 Å². The third-order valence-electron chi connectivity index (χ3n) is 1.76. The van der Waals surface area contributed by atoms with Crippen molar-refractivity contribution >= 4 is 0 Å². The number of aryl methyl sites for hydroxylation is 1. The smallest absolute Gasteiger partial charge is 0.0573 e. The zero-order valence-electron chi connectivity index (χ0n) is 7.04. The van der Waals surface area contributed by atoms with Gasteiger partial charge in [-0.25, -0.2) is 0 Å². The second-order valence-electron chi connectivity index (χ2n) is 2.77. The second kappa shape index (κ2) is 3.49. The highest BCUT2D eigenvalue weighted by atomic mass is 14.8. The molecule has 0 spiro atoms. The molecule has 0 saturated heterocycles. The topological polar surface area (TPSA) is 38.9 Å². The zero-order chi connectivity index (χ0) is 8.27. The predicted molar refractivity (Wildman–Crippen MR) is 46.2 cm³/mol. The van der Waals surface area contributed by atoms with Gasteiger partial charge in [0.2, 0.25) is 0 Å².